The molecule has 0 radical (unpaired) electrons. The van der Waals surface area contributed by atoms with Crippen molar-refractivity contribution >= 4 is 50.6 Å². The van der Waals surface area contributed by atoms with Gasteiger partial charge in [0.25, 0.3) is 0 Å². The van der Waals surface area contributed by atoms with Crippen molar-refractivity contribution in [2.45, 2.75) is 94.8 Å². The van der Waals surface area contributed by atoms with Gasteiger partial charge in [0.15, 0.2) is 16.9 Å². The smallest absolute Gasteiger partial charge is 0.396 e. The molecule has 0 spiro atoms. The van der Waals surface area contributed by atoms with Crippen LogP contribution in [0.25, 0.3) is 67.3 Å². The number of aliphatic hydroxyl groups excluding tert-OH is 1. The molecule has 0 saturated carbocycles. The Balaban J connectivity index is 0.000000187. The standard InChI is InChI=1S/C22H25F3N6.C18H19F3N6.C18H18F3N5O.4H2/c23-22(24,25)17-6-7-18(27-20(17)19-16-5-4-10-26-21(16)29-28-19)31-13-8-15(9-14-31)30-11-2-1-3-12-30;1-17(22)7-3-9-27(10-17)13-6-5-12(18(19,20)21)15(24-13)14-11-4-2-8-23-16(11)26-25-14;19-18(20,21)13-3-4-14(26-8-5-11(10-27)6-9-26)23-16(13)15-12-2-1-7-22-17(12)25-24-15;;;;/h4-7,10,15H,1-3,8-9,11-14H2,(H,26,28,29);2,4-6,8H,3,7,9-10,22H2,1H3,(H,23,25,26);1-4,7,11,27H,5-6,8-10H2,(H,22,24,25);4*1H. The lowest BCUT2D eigenvalue weighted by Crippen LogP contribution is -2.52. The van der Waals surface area contributed by atoms with Gasteiger partial charge in [-0.15, -0.1) is 0 Å². The number of aromatic nitrogens is 12. The molecule has 0 aliphatic carbocycles. The van der Waals surface area contributed by atoms with Crippen LogP contribution in [0.2, 0.25) is 0 Å². The Kier molecular flexibility index (Phi) is 16.7. The second kappa shape index (κ2) is 24.1. The molecule has 27 heteroatoms. The lowest BCUT2D eigenvalue weighted by atomic mass is 9.92. The first kappa shape index (κ1) is 58.7. The van der Waals surface area contributed by atoms with E-state index in [-0.39, 0.29) is 52.4 Å². The van der Waals surface area contributed by atoms with Gasteiger partial charge in [-0.25, -0.2) is 29.9 Å². The maximum atomic E-state index is 13.8. The molecule has 9 aromatic heterocycles. The molecular formula is C58H70F9N17O. The first-order chi connectivity index (χ1) is 40.7. The molecule has 0 bridgehead atoms. The maximum Gasteiger partial charge on any atom is 0.418 e. The lowest BCUT2D eigenvalue weighted by Gasteiger charge is -2.40. The van der Waals surface area contributed by atoms with E-state index in [9.17, 15) is 44.6 Å². The molecule has 0 amide bonds. The molecule has 456 valence electrons. The predicted octanol–water partition coefficient (Wildman–Crippen LogP) is 12.1. The number of halogens is 9. The fourth-order valence-corrected chi connectivity index (χ4v) is 11.8. The van der Waals surface area contributed by atoms with Gasteiger partial charge in [0.05, 0.1) is 33.8 Å². The van der Waals surface area contributed by atoms with Crippen molar-refractivity contribution in [2.75, 3.05) is 73.7 Å². The lowest BCUT2D eigenvalue weighted by molar-refractivity contribution is -0.138. The van der Waals surface area contributed by atoms with Crippen LogP contribution < -0.4 is 20.4 Å². The topological polar surface area (TPSA) is 223 Å². The molecule has 9 aromatic rings. The number of anilines is 3. The monoisotopic (exact) mass is 1190 g/mol. The Morgan fingerprint density at radius 1 is 0.518 bits per heavy atom. The van der Waals surface area contributed by atoms with E-state index in [0.29, 0.717) is 82.8 Å². The van der Waals surface area contributed by atoms with E-state index >= 15 is 0 Å². The van der Waals surface area contributed by atoms with Gasteiger partial charge >= 0.3 is 18.5 Å². The van der Waals surface area contributed by atoms with Gasteiger partial charge in [0, 0.05) is 97.9 Å². The summed E-state index contributed by atoms with van der Waals surface area (Å²) in [6.45, 7) is 8.52. The van der Waals surface area contributed by atoms with Crippen LogP contribution in [-0.2, 0) is 18.5 Å². The number of nitrogens with one attached hydrogen (secondary N) is 3. The summed E-state index contributed by atoms with van der Waals surface area (Å²) in [7, 11) is 0. The summed E-state index contributed by atoms with van der Waals surface area (Å²) in [6, 6.07) is 18.2. The highest BCUT2D eigenvalue weighted by Gasteiger charge is 2.40. The molecule has 4 saturated heterocycles. The van der Waals surface area contributed by atoms with E-state index in [0.717, 1.165) is 82.9 Å². The quantitative estimate of drug-likeness (QED) is 0.0893. The molecule has 4 aliphatic rings. The van der Waals surface area contributed by atoms with Crippen LogP contribution >= 0.6 is 0 Å². The minimum atomic E-state index is -4.54. The molecular weight excluding hydrogens is 1120 g/mol. The average molecular weight is 1190 g/mol. The summed E-state index contributed by atoms with van der Waals surface area (Å²) in [6.07, 6.45) is 0.199. The van der Waals surface area contributed by atoms with E-state index in [2.05, 4.69) is 70.3 Å². The Bertz CT molecular complexity index is 3770. The summed E-state index contributed by atoms with van der Waals surface area (Å²) in [5, 5.41) is 30.9. The van der Waals surface area contributed by atoms with Gasteiger partial charge in [-0.05, 0) is 150 Å². The minimum absolute atomic E-state index is 0. The van der Waals surface area contributed by atoms with Crippen molar-refractivity contribution in [3.8, 4) is 34.2 Å². The van der Waals surface area contributed by atoms with Crippen LogP contribution in [-0.4, -0.2) is 141 Å². The van der Waals surface area contributed by atoms with Crippen LogP contribution in [0.3, 0.4) is 0 Å². The molecule has 13 rings (SSSR count). The number of aliphatic hydroxyl groups is 1. The van der Waals surface area contributed by atoms with Gasteiger partial charge in [-0.1, -0.05) is 6.42 Å². The molecule has 0 aromatic carbocycles. The van der Waals surface area contributed by atoms with Crippen LogP contribution in [0.15, 0.2) is 91.4 Å². The van der Waals surface area contributed by atoms with Gasteiger partial charge in [0.1, 0.15) is 34.5 Å². The summed E-state index contributed by atoms with van der Waals surface area (Å²) in [4.78, 5) is 34.0. The number of pyridine rings is 6. The third-order valence-electron chi connectivity index (χ3n) is 16.2. The zero-order valence-corrected chi connectivity index (χ0v) is 46.3. The first-order valence-corrected chi connectivity index (χ1v) is 28.2. The maximum absolute atomic E-state index is 13.8. The SMILES string of the molecule is CC1(N)CCCN(c2ccc(C(F)(F)F)c(-c3[nH]nc4ncccc34)n2)C1.FC(F)(F)c1ccc(N2CCC(N3CCCCC3)CC2)nc1-c1[nH]nc2ncccc12.OCC1CCN(c2ccc(C(F)(F)F)c(-c3[nH]nc4ncccc34)n2)CC1.[HH].[HH].[HH].[HH]. The molecule has 1 atom stereocenters. The zero-order chi connectivity index (χ0) is 59.7. The van der Waals surface area contributed by atoms with Crippen molar-refractivity contribution in [2.24, 2.45) is 11.7 Å². The van der Waals surface area contributed by atoms with E-state index in [1.165, 1.54) is 49.9 Å². The highest BCUT2D eigenvalue weighted by Crippen LogP contribution is 2.42. The second-order valence-corrected chi connectivity index (χ2v) is 22.2. The largest absolute Gasteiger partial charge is 0.418 e. The van der Waals surface area contributed by atoms with E-state index in [1.807, 2.05) is 16.7 Å². The van der Waals surface area contributed by atoms with Crippen LogP contribution in [0.1, 0.15) is 87.1 Å². The van der Waals surface area contributed by atoms with E-state index in [4.69, 9.17) is 5.73 Å². The Morgan fingerprint density at radius 2 is 0.906 bits per heavy atom. The normalized spacial score (nSPS) is 18.8. The number of aromatic amines is 3. The van der Waals surface area contributed by atoms with Crippen molar-refractivity contribution < 1.29 is 50.3 Å². The van der Waals surface area contributed by atoms with Crippen molar-refractivity contribution in [3.05, 3.63) is 108 Å². The number of piperidine rings is 4. The molecule has 85 heavy (non-hydrogen) atoms. The molecule has 4 fully saturated rings. The van der Waals surface area contributed by atoms with Crippen LogP contribution in [0.5, 0.6) is 0 Å². The van der Waals surface area contributed by atoms with Crippen molar-refractivity contribution in [1.82, 2.24) is 65.4 Å². The van der Waals surface area contributed by atoms with Gasteiger partial charge < -0.3 is 30.4 Å². The summed E-state index contributed by atoms with van der Waals surface area (Å²) < 4.78 is 123. The second-order valence-electron chi connectivity index (χ2n) is 22.2. The summed E-state index contributed by atoms with van der Waals surface area (Å²) in [5.74, 6) is 1.77. The number of hydrogen-bond acceptors (Lipinski definition) is 15. The number of fused-ring (bicyclic) bond motifs is 3. The minimum Gasteiger partial charge on any atom is -0.396 e. The van der Waals surface area contributed by atoms with E-state index in [1.54, 1.807) is 42.6 Å². The number of alkyl halides is 9. The highest BCUT2D eigenvalue weighted by atomic mass is 19.4. The van der Waals surface area contributed by atoms with Crippen LogP contribution in [0, 0.1) is 5.92 Å². The highest BCUT2D eigenvalue weighted by molar-refractivity contribution is 5.92. The van der Waals surface area contributed by atoms with Gasteiger partial charge in [0.2, 0.25) is 0 Å². The number of likely N-dealkylation sites (tertiary alicyclic amines) is 1. The molecule has 1 unspecified atom stereocenters. The Hall–Kier alpha value is -8.04. The third-order valence-corrected chi connectivity index (χ3v) is 16.2. The number of nitrogens with two attached hydrogens (primary N) is 1. The molecule has 13 heterocycles. The Labute approximate surface area is 487 Å². The van der Waals surface area contributed by atoms with Crippen LogP contribution in [0.4, 0.5) is 57.0 Å². The molecule has 6 N–H and O–H groups in total. The first-order valence-electron chi connectivity index (χ1n) is 28.2. The number of H-pyrrole nitrogens is 3. The fraction of sp³-hybridized carbons (Fsp3) is 0.431. The van der Waals surface area contributed by atoms with Gasteiger partial charge in [-0.2, -0.15) is 54.8 Å². The third kappa shape index (κ3) is 13.0. The van der Waals surface area contributed by atoms with Gasteiger partial charge in [-0.3, -0.25) is 15.3 Å². The van der Waals surface area contributed by atoms with E-state index < -0.39 is 40.8 Å². The Morgan fingerprint density at radius 3 is 1.28 bits per heavy atom. The number of hydrogen-bond donors (Lipinski definition) is 5. The number of nitrogens with zero attached hydrogens (tertiary/aromatic N) is 13. The number of rotatable bonds is 8. The van der Waals surface area contributed by atoms with Crippen molar-refractivity contribution in [1.29, 1.82) is 0 Å². The zero-order valence-electron chi connectivity index (χ0n) is 46.3. The molecule has 4 aliphatic heterocycles. The molecule has 18 nitrogen and oxygen atoms in total. The van der Waals surface area contributed by atoms with Crippen molar-refractivity contribution in [3.63, 3.8) is 0 Å². The predicted molar refractivity (Wildman–Crippen MR) is 312 cm³/mol. The summed E-state index contributed by atoms with van der Waals surface area (Å²) in [5.41, 5.74) is 4.69. The average Bonchev–Trinajstić information content (AvgIpc) is 2.20. The fourth-order valence-electron chi connectivity index (χ4n) is 11.8. The summed E-state index contributed by atoms with van der Waals surface area (Å²) >= 11 is 0.